The molecule has 0 amide bonds. The number of hydrogen-bond acceptors (Lipinski definition) is 2. The maximum atomic E-state index is 11.4. The summed E-state index contributed by atoms with van der Waals surface area (Å²) < 4.78 is 5.58. The number of esters is 1. The molecule has 3 rings (SSSR count). The molecule has 0 unspecified atom stereocenters. The number of carbonyl (C=O) groups excluding carboxylic acids is 1. The van der Waals surface area contributed by atoms with E-state index in [9.17, 15) is 4.79 Å². The van der Waals surface area contributed by atoms with Gasteiger partial charge < -0.3 is 4.74 Å². The number of hydrogen-bond donors (Lipinski definition) is 0. The summed E-state index contributed by atoms with van der Waals surface area (Å²) in [6.45, 7) is 7.24. The molecule has 2 aliphatic carbocycles. The van der Waals surface area contributed by atoms with Gasteiger partial charge in [-0.25, -0.2) is 4.79 Å². The molecule has 0 N–H and O–H groups in total. The topological polar surface area (TPSA) is 26.3 Å². The van der Waals surface area contributed by atoms with Crippen LogP contribution in [0.2, 0.25) is 25.2 Å². The summed E-state index contributed by atoms with van der Waals surface area (Å²) in [5, 5.41) is 0. The van der Waals surface area contributed by atoms with E-state index in [2.05, 4.69) is 19.6 Å². The molecule has 0 aromatic heterocycles. The molecule has 1 aliphatic heterocycles. The summed E-state index contributed by atoms with van der Waals surface area (Å²) in [6.07, 6.45) is 5.26. The van der Waals surface area contributed by atoms with Crippen LogP contribution in [-0.4, -0.2) is 19.6 Å². The third-order valence-electron chi connectivity index (χ3n) is 4.35. The first-order chi connectivity index (χ1) is 6.92. The lowest BCUT2D eigenvalue weighted by atomic mass is 9.91. The summed E-state index contributed by atoms with van der Waals surface area (Å²) in [5.74, 6) is 0.713. The Hall–Kier alpha value is -0.573. The van der Waals surface area contributed by atoms with Gasteiger partial charge in [-0.2, -0.15) is 0 Å². The van der Waals surface area contributed by atoms with E-state index in [-0.39, 0.29) is 11.6 Å². The molecule has 0 aromatic carbocycles. The van der Waals surface area contributed by atoms with Gasteiger partial charge in [-0.15, -0.1) is 0 Å². The van der Waals surface area contributed by atoms with Crippen LogP contribution < -0.4 is 0 Å². The van der Waals surface area contributed by atoms with Crippen molar-refractivity contribution in [3.05, 3.63) is 11.6 Å². The molecule has 3 atom stereocenters. The van der Waals surface area contributed by atoms with E-state index < -0.39 is 8.07 Å². The second kappa shape index (κ2) is 2.57. The van der Waals surface area contributed by atoms with E-state index in [1.54, 1.807) is 0 Å². The molecule has 0 aromatic rings. The standard InChI is InChI=1S/C12H18O2Si/c1-15(2,3)11-8-4-5-12(7-8)9(11)6-10(13)14-12/h6,8,11H,4-5,7H2,1-3H3/t8-,11-,12-/m0/s1. The van der Waals surface area contributed by atoms with Gasteiger partial charge in [-0.1, -0.05) is 19.6 Å². The van der Waals surface area contributed by atoms with Crippen LogP contribution in [-0.2, 0) is 9.53 Å². The van der Waals surface area contributed by atoms with Gasteiger partial charge >= 0.3 is 5.97 Å². The van der Waals surface area contributed by atoms with Crippen LogP contribution in [0.4, 0.5) is 0 Å². The molecule has 3 heteroatoms. The molecule has 2 fully saturated rings. The zero-order valence-corrected chi connectivity index (χ0v) is 10.7. The second-order valence-electron chi connectivity index (χ2n) is 6.36. The molecule has 2 saturated carbocycles. The van der Waals surface area contributed by atoms with Crippen LogP contribution in [0.1, 0.15) is 19.3 Å². The number of carbonyl (C=O) groups is 1. The fraction of sp³-hybridized carbons (Fsp3) is 0.750. The normalized spacial score (nSPS) is 42.9. The summed E-state index contributed by atoms with van der Waals surface area (Å²) in [5.41, 5.74) is 1.92. The second-order valence-corrected chi connectivity index (χ2v) is 11.7. The minimum atomic E-state index is -1.20. The summed E-state index contributed by atoms with van der Waals surface area (Å²) >= 11 is 0. The summed E-state index contributed by atoms with van der Waals surface area (Å²) in [7, 11) is -1.20. The highest BCUT2D eigenvalue weighted by Gasteiger charge is 2.61. The van der Waals surface area contributed by atoms with Gasteiger partial charge in [0.15, 0.2) is 0 Å². The van der Waals surface area contributed by atoms with E-state index >= 15 is 0 Å². The van der Waals surface area contributed by atoms with Crippen molar-refractivity contribution in [2.75, 3.05) is 0 Å². The lowest BCUT2D eigenvalue weighted by molar-refractivity contribution is -0.145. The Bertz CT molecular complexity index is 366. The van der Waals surface area contributed by atoms with Gasteiger partial charge in [0.05, 0.1) is 8.07 Å². The molecule has 82 valence electrons. The molecule has 0 saturated heterocycles. The van der Waals surface area contributed by atoms with Crippen molar-refractivity contribution >= 4 is 14.0 Å². The highest BCUT2D eigenvalue weighted by atomic mass is 28.3. The van der Waals surface area contributed by atoms with Gasteiger partial charge in [0.25, 0.3) is 0 Å². The van der Waals surface area contributed by atoms with E-state index in [4.69, 9.17) is 4.74 Å². The Morgan fingerprint density at radius 2 is 2.20 bits per heavy atom. The highest BCUT2D eigenvalue weighted by Crippen LogP contribution is 2.64. The molecular weight excluding hydrogens is 204 g/mol. The highest BCUT2D eigenvalue weighted by molar-refractivity contribution is 6.78. The Morgan fingerprint density at radius 3 is 2.87 bits per heavy atom. The number of rotatable bonds is 1. The average Bonchev–Trinajstić information content (AvgIpc) is 2.63. The Kier molecular flexibility index (Phi) is 1.65. The van der Waals surface area contributed by atoms with E-state index in [0.29, 0.717) is 5.54 Å². The predicted octanol–water partition coefficient (Wildman–Crippen LogP) is 2.73. The van der Waals surface area contributed by atoms with Crippen molar-refractivity contribution in [2.24, 2.45) is 5.92 Å². The van der Waals surface area contributed by atoms with Crippen LogP contribution in [0.3, 0.4) is 0 Å². The van der Waals surface area contributed by atoms with Gasteiger partial charge in [0, 0.05) is 6.08 Å². The largest absolute Gasteiger partial charge is 0.451 e. The maximum Gasteiger partial charge on any atom is 0.331 e. The van der Waals surface area contributed by atoms with Crippen molar-refractivity contribution < 1.29 is 9.53 Å². The zero-order valence-electron chi connectivity index (χ0n) is 9.67. The van der Waals surface area contributed by atoms with Gasteiger partial charge in [-0.05, 0) is 36.3 Å². The summed E-state index contributed by atoms with van der Waals surface area (Å²) in [4.78, 5) is 11.4. The molecule has 2 nitrogen and oxygen atoms in total. The fourth-order valence-corrected chi connectivity index (χ4v) is 7.00. The van der Waals surface area contributed by atoms with Crippen molar-refractivity contribution in [1.82, 2.24) is 0 Å². The zero-order chi connectivity index (χ0) is 10.8. The Balaban J connectivity index is 2.06. The third kappa shape index (κ3) is 1.13. The minimum absolute atomic E-state index is 0.0893. The predicted molar refractivity (Wildman–Crippen MR) is 61.3 cm³/mol. The van der Waals surface area contributed by atoms with E-state index in [0.717, 1.165) is 18.8 Å². The van der Waals surface area contributed by atoms with Crippen LogP contribution in [0.5, 0.6) is 0 Å². The minimum Gasteiger partial charge on any atom is -0.451 e. The molecule has 0 radical (unpaired) electrons. The van der Waals surface area contributed by atoms with Crippen LogP contribution in [0, 0.1) is 5.92 Å². The Labute approximate surface area is 91.7 Å². The Morgan fingerprint density at radius 1 is 1.47 bits per heavy atom. The average molecular weight is 222 g/mol. The summed E-state index contributed by atoms with van der Waals surface area (Å²) in [6, 6.07) is 0. The molecular formula is C12H18O2Si. The van der Waals surface area contributed by atoms with Crippen LogP contribution >= 0.6 is 0 Å². The molecule has 1 spiro atoms. The fourth-order valence-electron chi connectivity index (χ4n) is 4.03. The van der Waals surface area contributed by atoms with Crippen molar-refractivity contribution in [2.45, 2.75) is 50.0 Å². The first-order valence-electron chi connectivity index (χ1n) is 5.87. The number of fused-ring (bicyclic) bond motifs is 1. The third-order valence-corrected chi connectivity index (χ3v) is 6.99. The van der Waals surface area contributed by atoms with Crippen LogP contribution in [0.25, 0.3) is 0 Å². The monoisotopic (exact) mass is 222 g/mol. The van der Waals surface area contributed by atoms with Crippen molar-refractivity contribution in [3.8, 4) is 0 Å². The van der Waals surface area contributed by atoms with Gasteiger partial charge in [0.1, 0.15) is 5.60 Å². The maximum absolute atomic E-state index is 11.4. The lowest BCUT2D eigenvalue weighted by Crippen LogP contribution is -2.36. The van der Waals surface area contributed by atoms with Crippen molar-refractivity contribution in [1.29, 1.82) is 0 Å². The molecule has 2 bridgehead atoms. The smallest absolute Gasteiger partial charge is 0.331 e. The quantitative estimate of drug-likeness (QED) is 0.504. The SMILES string of the molecule is C[Si](C)(C)[C@@H]1C2=CC(=O)O[C@]23CC[C@H]1C3. The van der Waals surface area contributed by atoms with Gasteiger partial charge in [0.2, 0.25) is 0 Å². The first-order valence-corrected chi connectivity index (χ1v) is 9.45. The molecule has 1 heterocycles. The lowest BCUT2D eigenvalue weighted by Gasteiger charge is -2.35. The van der Waals surface area contributed by atoms with Crippen LogP contribution in [0.15, 0.2) is 11.6 Å². The first kappa shape index (κ1) is 9.64. The van der Waals surface area contributed by atoms with Gasteiger partial charge in [-0.3, -0.25) is 0 Å². The van der Waals surface area contributed by atoms with E-state index in [1.807, 2.05) is 6.08 Å². The molecule has 15 heavy (non-hydrogen) atoms. The molecule has 3 aliphatic rings. The number of ether oxygens (including phenoxy) is 1. The van der Waals surface area contributed by atoms with Crippen molar-refractivity contribution in [3.63, 3.8) is 0 Å². The van der Waals surface area contributed by atoms with E-state index in [1.165, 1.54) is 12.0 Å².